The molecule has 0 spiro atoms. The molecule has 2 aromatic carbocycles. The van der Waals surface area contributed by atoms with Crippen LogP contribution in [-0.2, 0) is 17.7 Å². The third-order valence-electron chi connectivity index (χ3n) is 4.84. The van der Waals surface area contributed by atoms with E-state index in [4.69, 9.17) is 15.0 Å². The van der Waals surface area contributed by atoms with Crippen molar-refractivity contribution in [1.82, 2.24) is 10.1 Å². The number of rotatable bonds is 5. The summed E-state index contributed by atoms with van der Waals surface area (Å²) in [6, 6.07) is 16.6. The van der Waals surface area contributed by atoms with Gasteiger partial charge in [-0.05, 0) is 17.2 Å². The maximum absolute atomic E-state index is 14.5. The molecule has 1 aliphatic rings. The van der Waals surface area contributed by atoms with Gasteiger partial charge in [0.15, 0.2) is 11.7 Å². The maximum Gasteiger partial charge on any atom is 0.191 e. The Hall–Kier alpha value is -3.19. The number of aliphatic imine (C=N–C) groups is 1. The fraction of sp³-hybridized carbons (Fsp3) is 0.273. The zero-order valence-corrected chi connectivity index (χ0v) is 16.1. The Labute approximate surface area is 168 Å². The van der Waals surface area contributed by atoms with E-state index in [0.29, 0.717) is 43.5 Å². The molecule has 2 N–H and O–H groups in total. The summed E-state index contributed by atoms with van der Waals surface area (Å²) >= 11 is 0. The lowest BCUT2D eigenvalue weighted by Crippen LogP contribution is -2.44. The molecule has 6 nitrogen and oxygen atoms in total. The molecule has 1 saturated heterocycles. The van der Waals surface area contributed by atoms with Crippen molar-refractivity contribution in [2.45, 2.75) is 13.0 Å². The van der Waals surface area contributed by atoms with Gasteiger partial charge in [0, 0.05) is 31.1 Å². The first kappa shape index (κ1) is 19.1. The molecule has 1 fully saturated rings. The number of guanidine groups is 1. The van der Waals surface area contributed by atoms with Crippen molar-refractivity contribution >= 4 is 5.96 Å². The quantitative estimate of drug-likeness (QED) is 0.531. The minimum Gasteiger partial charge on any atom is -0.378 e. The molecule has 4 rings (SSSR count). The minimum absolute atomic E-state index is 0.250. The third-order valence-corrected chi connectivity index (χ3v) is 4.84. The van der Waals surface area contributed by atoms with Crippen LogP contribution in [0, 0.1) is 5.82 Å². The summed E-state index contributed by atoms with van der Waals surface area (Å²) in [7, 11) is 0. The molecule has 3 aromatic rings. The zero-order chi connectivity index (χ0) is 20.1. The number of nitrogens with zero attached hydrogens (tertiary/aromatic N) is 3. The predicted molar refractivity (Wildman–Crippen MR) is 109 cm³/mol. The van der Waals surface area contributed by atoms with Gasteiger partial charge >= 0.3 is 0 Å². The minimum atomic E-state index is -0.250. The summed E-state index contributed by atoms with van der Waals surface area (Å²) in [5.74, 6) is 0.850. The molecule has 1 aliphatic heterocycles. The Morgan fingerprint density at radius 1 is 1.10 bits per heavy atom. The van der Waals surface area contributed by atoms with Crippen LogP contribution in [0.1, 0.15) is 17.0 Å². The van der Waals surface area contributed by atoms with Crippen molar-refractivity contribution in [3.8, 4) is 11.1 Å². The number of halogens is 1. The van der Waals surface area contributed by atoms with Crippen LogP contribution in [0.15, 0.2) is 64.1 Å². The number of hydrogen-bond acceptors (Lipinski definition) is 4. The first-order chi connectivity index (χ1) is 14.2. The van der Waals surface area contributed by atoms with Gasteiger partial charge < -0.3 is 19.9 Å². The molecule has 0 bridgehead atoms. The number of benzene rings is 2. The normalized spacial score (nSPS) is 14.9. The molecule has 0 unspecified atom stereocenters. The first-order valence-electron chi connectivity index (χ1n) is 9.60. The first-order valence-corrected chi connectivity index (χ1v) is 9.60. The molecule has 29 heavy (non-hydrogen) atoms. The summed E-state index contributed by atoms with van der Waals surface area (Å²) in [5.41, 5.74) is 9.03. The Kier molecular flexibility index (Phi) is 5.86. The van der Waals surface area contributed by atoms with Crippen molar-refractivity contribution in [2.24, 2.45) is 10.7 Å². The lowest BCUT2D eigenvalue weighted by molar-refractivity contribution is 0.0674. The average molecular weight is 394 g/mol. The molecule has 0 atom stereocenters. The second kappa shape index (κ2) is 8.87. The lowest BCUT2D eigenvalue weighted by atomic mass is 10.0. The summed E-state index contributed by atoms with van der Waals surface area (Å²) in [4.78, 5) is 6.35. The average Bonchev–Trinajstić information content (AvgIpc) is 3.20. The van der Waals surface area contributed by atoms with Crippen molar-refractivity contribution < 1.29 is 13.7 Å². The monoisotopic (exact) mass is 394 g/mol. The van der Waals surface area contributed by atoms with E-state index in [2.05, 4.69) is 10.1 Å². The summed E-state index contributed by atoms with van der Waals surface area (Å²) in [6.45, 7) is 3.10. The highest BCUT2D eigenvalue weighted by molar-refractivity contribution is 5.78. The molecular formula is C22H23FN4O2. The van der Waals surface area contributed by atoms with Crippen LogP contribution in [0.25, 0.3) is 11.1 Å². The summed E-state index contributed by atoms with van der Waals surface area (Å²) in [6.07, 6.45) is 0.484. The Morgan fingerprint density at radius 3 is 2.66 bits per heavy atom. The number of ether oxygens (including phenoxy) is 1. The van der Waals surface area contributed by atoms with E-state index in [1.807, 2.05) is 47.4 Å². The fourth-order valence-corrected chi connectivity index (χ4v) is 3.29. The van der Waals surface area contributed by atoms with Gasteiger partial charge in [-0.2, -0.15) is 0 Å². The highest BCUT2D eigenvalue weighted by Crippen LogP contribution is 2.24. The standard InChI is InChI=1S/C22H23FN4O2/c23-21-13-16(6-7-20(21)17-4-2-1-3-5-17)12-18-14-19(29-26-18)15-25-22(24)27-8-10-28-11-9-27/h1-7,13-14H,8-12,15H2,(H2,24,25). The number of nitrogens with two attached hydrogens (primary N) is 1. The molecule has 7 heteroatoms. The van der Waals surface area contributed by atoms with Gasteiger partial charge in [0.1, 0.15) is 12.4 Å². The lowest BCUT2D eigenvalue weighted by Gasteiger charge is -2.27. The summed E-state index contributed by atoms with van der Waals surface area (Å²) < 4.78 is 25.2. The van der Waals surface area contributed by atoms with E-state index in [-0.39, 0.29) is 5.82 Å². The molecule has 0 amide bonds. The molecule has 1 aromatic heterocycles. The van der Waals surface area contributed by atoms with Crippen LogP contribution in [0.4, 0.5) is 4.39 Å². The van der Waals surface area contributed by atoms with E-state index in [9.17, 15) is 4.39 Å². The molecule has 2 heterocycles. The predicted octanol–water partition coefficient (Wildman–Crippen LogP) is 3.22. The molecule has 150 valence electrons. The smallest absolute Gasteiger partial charge is 0.191 e. The molecule has 0 saturated carbocycles. The van der Waals surface area contributed by atoms with E-state index >= 15 is 0 Å². The second-order valence-electron chi connectivity index (χ2n) is 6.92. The molecule has 0 aliphatic carbocycles. The second-order valence-corrected chi connectivity index (χ2v) is 6.92. The van der Waals surface area contributed by atoms with Gasteiger partial charge in [-0.1, -0.05) is 47.6 Å². The largest absolute Gasteiger partial charge is 0.378 e. The highest BCUT2D eigenvalue weighted by atomic mass is 19.1. The molecule has 0 radical (unpaired) electrons. The maximum atomic E-state index is 14.5. The van der Waals surface area contributed by atoms with Gasteiger partial charge in [0.2, 0.25) is 0 Å². The third kappa shape index (κ3) is 4.81. The SMILES string of the molecule is NC(=NCc1cc(Cc2ccc(-c3ccccc3)c(F)c2)no1)N1CCOCC1. The van der Waals surface area contributed by atoms with Gasteiger partial charge in [-0.15, -0.1) is 0 Å². The van der Waals surface area contributed by atoms with E-state index < -0.39 is 0 Å². The van der Waals surface area contributed by atoms with Crippen molar-refractivity contribution in [3.05, 3.63) is 77.4 Å². The number of aromatic nitrogens is 1. The number of morpholine rings is 1. The fourth-order valence-electron chi connectivity index (χ4n) is 3.29. The van der Waals surface area contributed by atoms with E-state index in [0.717, 1.165) is 29.9 Å². The topological polar surface area (TPSA) is 76.9 Å². The van der Waals surface area contributed by atoms with Crippen LogP contribution in [0.2, 0.25) is 0 Å². The highest BCUT2D eigenvalue weighted by Gasteiger charge is 2.13. The van der Waals surface area contributed by atoms with Crippen LogP contribution in [0.3, 0.4) is 0 Å². The Balaban J connectivity index is 1.39. The van der Waals surface area contributed by atoms with Gasteiger partial charge in [0.05, 0.1) is 18.9 Å². The summed E-state index contributed by atoms with van der Waals surface area (Å²) in [5, 5.41) is 4.07. The molecular weight excluding hydrogens is 371 g/mol. The van der Waals surface area contributed by atoms with E-state index in [1.54, 1.807) is 12.1 Å². The van der Waals surface area contributed by atoms with Crippen molar-refractivity contribution in [3.63, 3.8) is 0 Å². The van der Waals surface area contributed by atoms with Gasteiger partial charge in [-0.25, -0.2) is 9.38 Å². The van der Waals surface area contributed by atoms with Crippen molar-refractivity contribution in [1.29, 1.82) is 0 Å². The van der Waals surface area contributed by atoms with Crippen molar-refractivity contribution in [2.75, 3.05) is 26.3 Å². The van der Waals surface area contributed by atoms with Crippen LogP contribution < -0.4 is 5.73 Å². The van der Waals surface area contributed by atoms with Crippen LogP contribution in [-0.4, -0.2) is 42.3 Å². The van der Waals surface area contributed by atoms with Crippen LogP contribution in [0.5, 0.6) is 0 Å². The Morgan fingerprint density at radius 2 is 1.90 bits per heavy atom. The van der Waals surface area contributed by atoms with E-state index in [1.165, 1.54) is 0 Å². The Bertz CT molecular complexity index is 981. The number of hydrogen-bond donors (Lipinski definition) is 1. The van der Waals surface area contributed by atoms with Gasteiger partial charge in [-0.3, -0.25) is 0 Å². The zero-order valence-electron chi connectivity index (χ0n) is 16.1. The van der Waals surface area contributed by atoms with Crippen LogP contribution >= 0.6 is 0 Å². The van der Waals surface area contributed by atoms with Gasteiger partial charge in [0.25, 0.3) is 0 Å².